The minimum absolute atomic E-state index is 0.143. The van der Waals surface area contributed by atoms with E-state index in [1.54, 1.807) is 0 Å². The van der Waals surface area contributed by atoms with Crippen LogP contribution in [0.15, 0.2) is 107 Å². The average Bonchev–Trinajstić information content (AvgIpc) is 2.72. The fourth-order valence-electron chi connectivity index (χ4n) is 3.89. The summed E-state index contributed by atoms with van der Waals surface area (Å²) in [5.41, 5.74) is 8.56. The van der Waals surface area contributed by atoms with Gasteiger partial charge in [-0.1, -0.05) is 73.8 Å². The molecule has 0 amide bonds. The Morgan fingerprint density at radius 3 is 1.32 bits per heavy atom. The Balaban J connectivity index is 1.71. The van der Waals surface area contributed by atoms with Gasteiger partial charge in [-0.3, -0.25) is 9.98 Å². The predicted octanol–water partition coefficient (Wildman–Crippen LogP) is 5.95. The molecule has 0 spiro atoms. The molecule has 0 fully saturated rings. The van der Waals surface area contributed by atoms with Crippen LogP contribution in [0.5, 0.6) is 0 Å². The zero-order valence-electron chi connectivity index (χ0n) is 16.4. The minimum atomic E-state index is -0.143. The van der Waals surface area contributed by atoms with Crippen LogP contribution in [0.25, 0.3) is 11.1 Å². The summed E-state index contributed by atoms with van der Waals surface area (Å²) >= 11 is 0. The van der Waals surface area contributed by atoms with Crippen molar-refractivity contribution in [1.29, 1.82) is 0 Å². The van der Waals surface area contributed by atoms with Gasteiger partial charge in [-0.2, -0.15) is 0 Å². The third-order valence-corrected chi connectivity index (χ3v) is 5.27. The third kappa shape index (κ3) is 3.34. The van der Waals surface area contributed by atoms with E-state index < -0.39 is 0 Å². The van der Waals surface area contributed by atoms with Gasteiger partial charge in [0.25, 0.3) is 0 Å². The first kappa shape index (κ1) is 18.1. The maximum absolute atomic E-state index is 4.92. The van der Waals surface area contributed by atoms with Crippen molar-refractivity contribution in [2.24, 2.45) is 9.98 Å². The molecular weight excluding hydrogens is 340 g/mol. The minimum Gasteiger partial charge on any atom is -0.279 e. The number of nitrogens with zero attached hydrogens (tertiary/aromatic N) is 2. The number of dihydropyridines is 2. The van der Waals surface area contributed by atoms with Crippen molar-refractivity contribution < 1.29 is 0 Å². The highest BCUT2D eigenvalue weighted by Gasteiger charge is 2.33. The van der Waals surface area contributed by atoms with Crippen molar-refractivity contribution in [2.75, 3.05) is 0 Å². The second kappa shape index (κ2) is 7.40. The van der Waals surface area contributed by atoms with Gasteiger partial charge in [0.1, 0.15) is 12.1 Å². The van der Waals surface area contributed by atoms with Crippen molar-refractivity contribution >= 4 is 22.6 Å². The van der Waals surface area contributed by atoms with Gasteiger partial charge in [0.05, 0.1) is 0 Å². The molecule has 2 heterocycles. The van der Waals surface area contributed by atoms with Crippen molar-refractivity contribution in [1.82, 2.24) is 0 Å². The number of aliphatic imine (C=N–C) groups is 2. The molecule has 0 saturated carbocycles. The van der Waals surface area contributed by atoms with Crippen LogP contribution in [0, 0.1) is 0 Å². The van der Waals surface area contributed by atoms with E-state index in [0.717, 1.165) is 44.8 Å². The lowest BCUT2D eigenvalue weighted by atomic mass is 9.81. The molecule has 0 bridgehead atoms. The zero-order valence-corrected chi connectivity index (χ0v) is 16.4. The van der Waals surface area contributed by atoms with E-state index in [0.29, 0.717) is 0 Å². The van der Waals surface area contributed by atoms with Crippen LogP contribution in [-0.2, 0) is 0 Å². The summed E-state index contributed by atoms with van der Waals surface area (Å²) in [5, 5.41) is 0. The molecule has 2 aliphatic rings. The van der Waals surface area contributed by atoms with Crippen LogP contribution in [0.2, 0.25) is 0 Å². The first-order valence-electron chi connectivity index (χ1n) is 9.56. The lowest BCUT2D eigenvalue weighted by Crippen LogP contribution is -2.32. The fourth-order valence-corrected chi connectivity index (χ4v) is 3.89. The van der Waals surface area contributed by atoms with E-state index >= 15 is 0 Å². The van der Waals surface area contributed by atoms with E-state index in [1.807, 2.05) is 26.0 Å². The molecule has 2 aromatic rings. The van der Waals surface area contributed by atoms with Crippen LogP contribution < -0.4 is 0 Å². The zero-order chi connectivity index (χ0) is 19.7. The smallest absolute Gasteiger partial charge is 0.102 e. The van der Waals surface area contributed by atoms with Crippen molar-refractivity contribution in [3.05, 3.63) is 108 Å². The Kier molecular flexibility index (Phi) is 4.79. The summed E-state index contributed by atoms with van der Waals surface area (Å²) in [6.07, 6.45) is 4.23. The van der Waals surface area contributed by atoms with Crippen molar-refractivity contribution in [2.45, 2.75) is 25.9 Å². The van der Waals surface area contributed by atoms with Gasteiger partial charge in [-0.25, -0.2) is 0 Å². The summed E-state index contributed by atoms with van der Waals surface area (Å²) in [6, 6.07) is 20.5. The van der Waals surface area contributed by atoms with Crippen molar-refractivity contribution in [3.63, 3.8) is 0 Å². The molecular formula is C26H24N2. The van der Waals surface area contributed by atoms with E-state index in [4.69, 9.17) is 9.98 Å². The van der Waals surface area contributed by atoms with Gasteiger partial charge in [0.15, 0.2) is 0 Å². The van der Waals surface area contributed by atoms with Gasteiger partial charge >= 0.3 is 0 Å². The van der Waals surface area contributed by atoms with Gasteiger partial charge in [-0.05, 0) is 59.4 Å². The van der Waals surface area contributed by atoms with Crippen LogP contribution in [0.3, 0.4) is 0 Å². The molecule has 0 N–H and O–H groups in total. The van der Waals surface area contributed by atoms with Crippen LogP contribution in [-0.4, -0.2) is 23.5 Å². The maximum Gasteiger partial charge on any atom is 0.102 e. The second-order valence-electron chi connectivity index (χ2n) is 7.33. The highest BCUT2D eigenvalue weighted by atomic mass is 14.9. The molecule has 4 rings (SSSR count). The molecule has 0 saturated heterocycles. The van der Waals surface area contributed by atoms with Crippen molar-refractivity contribution in [3.8, 4) is 0 Å². The van der Waals surface area contributed by atoms with E-state index in [2.05, 4.69) is 73.8 Å². The Morgan fingerprint density at radius 1 is 0.607 bits per heavy atom. The highest BCUT2D eigenvalue weighted by Crippen LogP contribution is 2.38. The number of allylic oxidation sites excluding steroid dienone is 2. The highest BCUT2D eigenvalue weighted by molar-refractivity contribution is 6.07. The average molecular weight is 364 g/mol. The van der Waals surface area contributed by atoms with Gasteiger partial charge in [0.2, 0.25) is 0 Å². The first-order chi connectivity index (χ1) is 13.5. The SMILES string of the molecule is C=C1C(c2ccccc2)=CC(C)=NC1C1N=C(C)C=C(c2ccccc2)C1=C. The second-order valence-corrected chi connectivity index (χ2v) is 7.33. The van der Waals surface area contributed by atoms with Gasteiger partial charge in [0, 0.05) is 11.4 Å². The number of hydrogen-bond donors (Lipinski definition) is 0. The Bertz CT molecular complexity index is 963. The third-order valence-electron chi connectivity index (χ3n) is 5.27. The molecule has 0 radical (unpaired) electrons. The molecule has 2 heteroatoms. The molecule has 2 nitrogen and oxygen atoms in total. The summed E-state index contributed by atoms with van der Waals surface area (Å²) in [6.45, 7) is 12.9. The Labute approximate surface area is 167 Å². The summed E-state index contributed by atoms with van der Waals surface area (Å²) in [5.74, 6) is 0. The lowest BCUT2D eigenvalue weighted by molar-refractivity contribution is 0.673. The van der Waals surface area contributed by atoms with E-state index in [9.17, 15) is 0 Å². The monoisotopic (exact) mass is 364 g/mol. The van der Waals surface area contributed by atoms with Gasteiger partial charge in [-0.15, -0.1) is 0 Å². The van der Waals surface area contributed by atoms with Crippen LogP contribution in [0.4, 0.5) is 0 Å². The molecule has 138 valence electrons. The standard InChI is InChI=1S/C26H24N2/c1-17-15-23(21-11-7-5-8-12-21)19(3)25(27-17)26-20(4)24(16-18(2)28-26)22-13-9-6-10-14-22/h5-16,25-26H,3-4H2,1-2H3. The quantitative estimate of drug-likeness (QED) is 0.643. The summed E-state index contributed by atoms with van der Waals surface area (Å²) in [7, 11) is 0. The number of hydrogen-bond acceptors (Lipinski definition) is 2. The van der Waals surface area contributed by atoms with Gasteiger partial charge < -0.3 is 0 Å². The van der Waals surface area contributed by atoms with Crippen LogP contribution in [0.1, 0.15) is 25.0 Å². The largest absolute Gasteiger partial charge is 0.279 e. The first-order valence-corrected chi connectivity index (χ1v) is 9.56. The normalized spacial score (nSPS) is 22.2. The van der Waals surface area contributed by atoms with E-state index in [1.165, 1.54) is 0 Å². The molecule has 2 atom stereocenters. The molecule has 2 aromatic carbocycles. The molecule has 0 aromatic heterocycles. The molecule has 28 heavy (non-hydrogen) atoms. The topological polar surface area (TPSA) is 24.7 Å². The Hall–Kier alpha value is -3.26. The number of rotatable bonds is 3. The molecule has 2 aliphatic heterocycles. The fraction of sp³-hybridized carbons (Fsp3) is 0.154. The molecule has 0 aliphatic carbocycles. The summed E-state index contributed by atoms with van der Waals surface area (Å²) in [4.78, 5) is 9.84. The number of benzene rings is 2. The Morgan fingerprint density at radius 2 is 0.964 bits per heavy atom. The lowest BCUT2D eigenvalue weighted by Gasteiger charge is -2.32. The maximum atomic E-state index is 4.92. The van der Waals surface area contributed by atoms with E-state index in [-0.39, 0.29) is 12.1 Å². The summed E-state index contributed by atoms with van der Waals surface area (Å²) < 4.78 is 0. The predicted molar refractivity (Wildman–Crippen MR) is 121 cm³/mol. The van der Waals surface area contributed by atoms with Crippen LogP contribution >= 0.6 is 0 Å². The molecule has 2 unspecified atom stereocenters.